The van der Waals surface area contributed by atoms with Crippen molar-refractivity contribution < 1.29 is 9.59 Å². The molecule has 2 saturated heterocycles. The van der Waals surface area contributed by atoms with E-state index in [0.717, 1.165) is 42.3 Å². The fourth-order valence-corrected chi connectivity index (χ4v) is 3.59. The summed E-state index contributed by atoms with van der Waals surface area (Å²) in [5.74, 6) is -0.375. The van der Waals surface area contributed by atoms with E-state index in [2.05, 4.69) is 28.2 Å². The zero-order chi connectivity index (χ0) is 19.7. The number of piperazine rings is 1. The van der Waals surface area contributed by atoms with Gasteiger partial charge in [-0.25, -0.2) is 9.69 Å². The molecule has 1 N–H and O–H groups in total. The van der Waals surface area contributed by atoms with Crippen molar-refractivity contribution in [2.45, 2.75) is 0 Å². The number of urea groups is 1. The zero-order valence-electron chi connectivity index (χ0n) is 15.6. The summed E-state index contributed by atoms with van der Waals surface area (Å²) in [5.41, 5.74) is 2.73. The Kier molecular flexibility index (Phi) is 5.07. The van der Waals surface area contributed by atoms with Crippen LogP contribution in [-0.4, -0.2) is 50.1 Å². The summed E-state index contributed by atoms with van der Waals surface area (Å²) in [6.45, 7) is 3.83. The maximum atomic E-state index is 12.9. The molecule has 28 heavy (non-hydrogen) atoms. The third kappa shape index (κ3) is 3.61. The molecule has 7 heteroatoms. The molecule has 2 aromatic rings. The van der Waals surface area contributed by atoms with Gasteiger partial charge in [-0.2, -0.15) is 0 Å². The highest BCUT2D eigenvalue weighted by atomic mass is 35.5. The van der Waals surface area contributed by atoms with Gasteiger partial charge in [0, 0.05) is 42.5 Å². The van der Waals surface area contributed by atoms with Crippen LogP contribution in [0.3, 0.4) is 0 Å². The Hall–Kier alpha value is -2.83. The van der Waals surface area contributed by atoms with Crippen LogP contribution in [0, 0.1) is 0 Å². The van der Waals surface area contributed by atoms with Crippen LogP contribution in [0.1, 0.15) is 5.56 Å². The van der Waals surface area contributed by atoms with Gasteiger partial charge in [0.15, 0.2) is 0 Å². The van der Waals surface area contributed by atoms with Gasteiger partial charge in [0.2, 0.25) is 0 Å². The minimum Gasteiger partial charge on any atom is -0.368 e. The van der Waals surface area contributed by atoms with Crippen LogP contribution in [-0.2, 0) is 4.79 Å². The van der Waals surface area contributed by atoms with Crippen LogP contribution < -0.4 is 15.1 Å². The lowest BCUT2D eigenvalue weighted by Gasteiger charge is -2.34. The van der Waals surface area contributed by atoms with Crippen molar-refractivity contribution >= 4 is 41.0 Å². The summed E-state index contributed by atoms with van der Waals surface area (Å²) < 4.78 is 0. The van der Waals surface area contributed by atoms with Gasteiger partial charge in [0.1, 0.15) is 5.70 Å². The Morgan fingerprint density at radius 2 is 1.64 bits per heavy atom. The topological polar surface area (TPSA) is 55.9 Å². The molecule has 2 aliphatic heterocycles. The molecule has 4 rings (SSSR count). The van der Waals surface area contributed by atoms with Crippen molar-refractivity contribution in [3.05, 3.63) is 64.8 Å². The summed E-state index contributed by atoms with van der Waals surface area (Å²) in [4.78, 5) is 31.0. The molecule has 0 aromatic heterocycles. The van der Waals surface area contributed by atoms with Crippen molar-refractivity contribution in [3.63, 3.8) is 0 Å². The van der Waals surface area contributed by atoms with Crippen LogP contribution in [0.5, 0.6) is 0 Å². The number of nitrogens with one attached hydrogen (secondary N) is 1. The van der Waals surface area contributed by atoms with Crippen molar-refractivity contribution in [1.29, 1.82) is 0 Å². The lowest BCUT2D eigenvalue weighted by molar-refractivity contribution is -0.113. The Morgan fingerprint density at radius 1 is 0.964 bits per heavy atom. The third-order valence-corrected chi connectivity index (χ3v) is 5.30. The molecular formula is C21H21ClN4O2. The number of rotatable bonds is 3. The molecule has 2 heterocycles. The number of carbonyl (C=O) groups excluding carboxylic acids is 2. The van der Waals surface area contributed by atoms with Crippen molar-refractivity contribution in [3.8, 4) is 0 Å². The van der Waals surface area contributed by atoms with Gasteiger partial charge in [-0.05, 0) is 43.5 Å². The molecule has 2 fully saturated rings. The predicted molar refractivity (Wildman–Crippen MR) is 112 cm³/mol. The molecule has 3 amide bonds. The molecule has 2 aliphatic rings. The van der Waals surface area contributed by atoms with Crippen LogP contribution >= 0.6 is 11.6 Å². The number of nitrogens with zero attached hydrogens (tertiary/aromatic N) is 3. The summed E-state index contributed by atoms with van der Waals surface area (Å²) in [6, 6.07) is 14.1. The van der Waals surface area contributed by atoms with Gasteiger partial charge in [-0.3, -0.25) is 4.79 Å². The summed E-state index contributed by atoms with van der Waals surface area (Å²) in [7, 11) is 2.11. The molecule has 0 bridgehead atoms. The van der Waals surface area contributed by atoms with E-state index in [1.807, 2.05) is 18.2 Å². The number of hydrogen-bond donors (Lipinski definition) is 1. The van der Waals surface area contributed by atoms with Crippen molar-refractivity contribution in [1.82, 2.24) is 10.2 Å². The van der Waals surface area contributed by atoms with Gasteiger partial charge < -0.3 is 15.1 Å². The van der Waals surface area contributed by atoms with Gasteiger partial charge in [0.25, 0.3) is 5.91 Å². The molecule has 2 aromatic carbocycles. The monoisotopic (exact) mass is 396 g/mol. The third-order valence-electron chi connectivity index (χ3n) is 5.04. The van der Waals surface area contributed by atoms with Crippen molar-refractivity contribution in [2.75, 3.05) is 43.0 Å². The zero-order valence-corrected chi connectivity index (χ0v) is 16.3. The fraction of sp³-hybridized carbons (Fsp3) is 0.238. The Bertz CT molecular complexity index is 934. The standard InChI is InChI=1S/C21H21ClN4O2/c1-24-10-12-25(13-11-24)19-5-3-2-4-15(19)14-18-20(27)26(21(28)23-18)17-8-6-16(22)7-9-17/h2-9,14H,10-13H2,1H3,(H,23,28)/b18-14+. The Balaban J connectivity index is 1.62. The van der Waals surface area contributed by atoms with Gasteiger partial charge in [0.05, 0.1) is 5.69 Å². The normalized spacial score (nSPS) is 19.4. The van der Waals surface area contributed by atoms with E-state index < -0.39 is 6.03 Å². The van der Waals surface area contributed by atoms with E-state index in [1.165, 1.54) is 0 Å². The Labute approximate surface area is 169 Å². The van der Waals surface area contributed by atoms with E-state index in [4.69, 9.17) is 11.6 Å². The molecule has 0 aliphatic carbocycles. The van der Waals surface area contributed by atoms with E-state index >= 15 is 0 Å². The maximum Gasteiger partial charge on any atom is 0.333 e. The molecule has 6 nitrogen and oxygen atoms in total. The highest BCUT2D eigenvalue weighted by Gasteiger charge is 2.35. The number of hydrogen-bond acceptors (Lipinski definition) is 4. The summed E-state index contributed by atoms with van der Waals surface area (Å²) in [5, 5.41) is 3.24. The van der Waals surface area contributed by atoms with Crippen LogP contribution in [0.4, 0.5) is 16.2 Å². The highest BCUT2D eigenvalue weighted by Crippen LogP contribution is 2.27. The summed E-state index contributed by atoms with van der Waals surface area (Å²) in [6.07, 6.45) is 1.75. The molecule has 0 radical (unpaired) electrons. The lowest BCUT2D eigenvalue weighted by atomic mass is 10.1. The molecule has 144 valence electrons. The highest BCUT2D eigenvalue weighted by molar-refractivity contribution is 6.31. The number of carbonyl (C=O) groups is 2. The first kappa shape index (κ1) is 18.5. The fourth-order valence-electron chi connectivity index (χ4n) is 3.46. The van der Waals surface area contributed by atoms with Crippen LogP contribution in [0.25, 0.3) is 6.08 Å². The average molecular weight is 397 g/mol. The first-order valence-corrected chi connectivity index (χ1v) is 9.56. The number of halogens is 1. The first-order valence-electron chi connectivity index (χ1n) is 9.18. The molecular weight excluding hydrogens is 376 g/mol. The van der Waals surface area contributed by atoms with Crippen molar-refractivity contribution in [2.24, 2.45) is 0 Å². The second kappa shape index (κ2) is 7.66. The minimum absolute atomic E-state index is 0.265. The largest absolute Gasteiger partial charge is 0.368 e. The Morgan fingerprint density at radius 3 is 2.36 bits per heavy atom. The molecule has 0 spiro atoms. The van der Waals surface area contributed by atoms with Gasteiger partial charge in [-0.1, -0.05) is 29.8 Å². The summed E-state index contributed by atoms with van der Waals surface area (Å²) >= 11 is 5.90. The molecule has 0 saturated carbocycles. The molecule has 0 atom stereocenters. The van der Waals surface area contributed by atoms with E-state index in [0.29, 0.717) is 10.7 Å². The number of anilines is 2. The first-order chi connectivity index (χ1) is 13.5. The minimum atomic E-state index is -0.462. The smallest absolute Gasteiger partial charge is 0.333 e. The van der Waals surface area contributed by atoms with Gasteiger partial charge in [-0.15, -0.1) is 0 Å². The number of likely N-dealkylation sites (N-methyl/N-ethyl adjacent to an activating group) is 1. The van der Waals surface area contributed by atoms with Gasteiger partial charge >= 0.3 is 6.03 Å². The number of imide groups is 1. The van der Waals surface area contributed by atoms with E-state index in [1.54, 1.807) is 30.3 Å². The SMILES string of the molecule is CN1CCN(c2ccccc2/C=C2/NC(=O)N(c3ccc(Cl)cc3)C2=O)CC1. The van der Waals surface area contributed by atoms with E-state index in [9.17, 15) is 9.59 Å². The number of benzene rings is 2. The molecule has 0 unspecified atom stereocenters. The number of amides is 3. The second-order valence-electron chi connectivity index (χ2n) is 6.95. The van der Waals surface area contributed by atoms with Crippen LogP contribution in [0.2, 0.25) is 5.02 Å². The maximum absolute atomic E-state index is 12.9. The second-order valence-corrected chi connectivity index (χ2v) is 7.39. The van der Waals surface area contributed by atoms with E-state index in [-0.39, 0.29) is 11.6 Å². The van der Waals surface area contributed by atoms with Crippen LogP contribution in [0.15, 0.2) is 54.2 Å². The lowest BCUT2D eigenvalue weighted by Crippen LogP contribution is -2.44. The average Bonchev–Trinajstić information content (AvgIpc) is 2.97. The quantitative estimate of drug-likeness (QED) is 0.639. The number of para-hydroxylation sites is 1. The predicted octanol–water partition coefficient (Wildman–Crippen LogP) is 3.19.